The van der Waals surface area contributed by atoms with Crippen molar-refractivity contribution in [2.75, 3.05) is 40.4 Å². The molecule has 0 heterocycles. The summed E-state index contributed by atoms with van der Waals surface area (Å²) in [6.45, 7) is 4.56. The van der Waals surface area contributed by atoms with Crippen LogP contribution in [-0.4, -0.2) is 68.3 Å². The van der Waals surface area contributed by atoms with Crippen LogP contribution in [0.2, 0.25) is 0 Å². The van der Waals surface area contributed by atoms with E-state index < -0.39 is 17.9 Å². The maximum absolute atomic E-state index is 11.6. The lowest BCUT2D eigenvalue weighted by atomic mass is 10.1. The smallest absolute Gasteiger partial charge is 0.331 e. The van der Waals surface area contributed by atoms with E-state index in [0.29, 0.717) is 13.2 Å². The second-order valence-corrected chi connectivity index (χ2v) is 4.68. The molecular weight excluding hydrogens is 278 g/mol. The molecule has 8 nitrogen and oxygen atoms in total. The van der Waals surface area contributed by atoms with Crippen LogP contribution < -0.4 is 10.6 Å². The zero-order valence-corrected chi connectivity index (χ0v) is 12.9. The zero-order chi connectivity index (χ0) is 16.4. The molecule has 0 saturated heterocycles. The Hall–Kier alpha value is -1.93. The Morgan fingerprint density at radius 1 is 1.10 bits per heavy atom. The fraction of sp³-hybridized carbons (Fsp3) is 0.615. The topological polar surface area (TPSA) is 108 Å². The molecule has 0 aromatic carbocycles. The van der Waals surface area contributed by atoms with Crippen molar-refractivity contribution in [2.24, 2.45) is 0 Å². The van der Waals surface area contributed by atoms with E-state index in [-0.39, 0.29) is 17.7 Å². The quantitative estimate of drug-likeness (QED) is 0.424. The number of carbonyl (C=O) groups excluding carboxylic acids is 2. The number of aliphatic carboxylic acids is 1. The van der Waals surface area contributed by atoms with Gasteiger partial charge in [0.15, 0.2) is 0 Å². The highest BCUT2D eigenvalue weighted by Gasteiger charge is 2.14. The first-order valence-electron chi connectivity index (χ1n) is 6.48. The molecule has 0 spiro atoms. The van der Waals surface area contributed by atoms with Crippen LogP contribution in [0.4, 0.5) is 4.79 Å². The van der Waals surface area contributed by atoms with Gasteiger partial charge in [0.05, 0.1) is 13.2 Å². The summed E-state index contributed by atoms with van der Waals surface area (Å²) < 4.78 is 5.26. The highest BCUT2D eigenvalue weighted by Crippen LogP contribution is 2.02. The van der Waals surface area contributed by atoms with Gasteiger partial charge in [-0.25, -0.2) is 9.59 Å². The number of hydrogen-bond donors (Lipinski definition) is 3. The number of carboxylic acid groups (broad SMARTS) is 1. The number of carboxylic acids is 1. The van der Waals surface area contributed by atoms with Gasteiger partial charge >= 0.3 is 12.0 Å². The minimum atomic E-state index is -1.20. The Morgan fingerprint density at radius 3 is 2.24 bits per heavy atom. The third-order valence-electron chi connectivity index (χ3n) is 2.67. The Morgan fingerprint density at radius 2 is 1.71 bits per heavy atom. The van der Waals surface area contributed by atoms with Crippen molar-refractivity contribution in [1.29, 1.82) is 0 Å². The molecule has 0 unspecified atom stereocenters. The molecule has 0 aromatic rings. The van der Waals surface area contributed by atoms with E-state index >= 15 is 0 Å². The molecular formula is C13H23N3O5. The molecule has 0 aromatic heterocycles. The first-order chi connectivity index (χ1) is 9.75. The Balaban J connectivity index is 3.97. The van der Waals surface area contributed by atoms with Gasteiger partial charge < -0.3 is 20.1 Å². The molecule has 120 valence electrons. The number of nitrogens with one attached hydrogen (secondary N) is 2. The van der Waals surface area contributed by atoms with Gasteiger partial charge in [-0.2, -0.15) is 0 Å². The average Bonchev–Trinajstić information content (AvgIpc) is 2.40. The number of hydrogen-bond acceptors (Lipinski definition) is 5. The van der Waals surface area contributed by atoms with Crippen molar-refractivity contribution >= 4 is 17.9 Å². The number of amides is 3. The number of urea groups is 1. The summed E-state index contributed by atoms with van der Waals surface area (Å²) >= 11 is 0. The van der Waals surface area contributed by atoms with Gasteiger partial charge in [-0.1, -0.05) is 0 Å². The van der Waals surface area contributed by atoms with Crippen molar-refractivity contribution in [3.05, 3.63) is 11.1 Å². The molecule has 3 N–H and O–H groups in total. The van der Waals surface area contributed by atoms with Crippen molar-refractivity contribution in [2.45, 2.75) is 13.8 Å². The molecule has 0 aliphatic rings. The van der Waals surface area contributed by atoms with Crippen LogP contribution >= 0.6 is 0 Å². The van der Waals surface area contributed by atoms with E-state index in [9.17, 15) is 14.4 Å². The van der Waals surface area contributed by atoms with Gasteiger partial charge in [-0.05, 0) is 27.9 Å². The molecule has 0 bridgehead atoms. The van der Waals surface area contributed by atoms with Crippen molar-refractivity contribution in [1.82, 2.24) is 15.5 Å². The van der Waals surface area contributed by atoms with E-state index in [1.54, 1.807) is 0 Å². The Bertz CT molecular complexity index is 418. The fourth-order valence-electron chi connectivity index (χ4n) is 1.16. The predicted octanol–water partition coefficient (Wildman–Crippen LogP) is -0.189. The van der Waals surface area contributed by atoms with Crippen LogP contribution in [-0.2, 0) is 14.3 Å². The van der Waals surface area contributed by atoms with Gasteiger partial charge in [0, 0.05) is 24.2 Å². The molecule has 0 atom stereocenters. The summed E-state index contributed by atoms with van der Waals surface area (Å²) in [7, 11) is 3.85. The van der Waals surface area contributed by atoms with E-state index in [4.69, 9.17) is 9.84 Å². The Kier molecular flexibility index (Phi) is 8.98. The summed E-state index contributed by atoms with van der Waals surface area (Å²) in [6.07, 6.45) is 0. The van der Waals surface area contributed by atoms with E-state index in [1.807, 2.05) is 19.0 Å². The van der Waals surface area contributed by atoms with Crippen LogP contribution in [0, 0.1) is 0 Å². The number of imide groups is 1. The lowest BCUT2D eigenvalue weighted by Gasteiger charge is -2.10. The zero-order valence-electron chi connectivity index (χ0n) is 12.9. The minimum Gasteiger partial charge on any atom is -0.478 e. The number of rotatable bonds is 8. The van der Waals surface area contributed by atoms with Crippen molar-refractivity contribution in [3.63, 3.8) is 0 Å². The fourth-order valence-corrected chi connectivity index (χ4v) is 1.16. The molecule has 0 saturated carbocycles. The van der Waals surface area contributed by atoms with E-state index in [2.05, 4.69) is 10.6 Å². The average molecular weight is 301 g/mol. The molecule has 3 amide bonds. The van der Waals surface area contributed by atoms with Gasteiger partial charge in [0.1, 0.15) is 0 Å². The summed E-state index contributed by atoms with van der Waals surface area (Å²) in [5.74, 6) is -1.93. The van der Waals surface area contributed by atoms with Crippen molar-refractivity contribution < 1.29 is 24.2 Å². The summed E-state index contributed by atoms with van der Waals surface area (Å²) in [5, 5.41) is 13.2. The molecule has 21 heavy (non-hydrogen) atoms. The van der Waals surface area contributed by atoms with Gasteiger partial charge in [-0.15, -0.1) is 0 Å². The normalized spacial score (nSPS) is 11.9. The highest BCUT2D eigenvalue weighted by atomic mass is 16.5. The second kappa shape index (κ2) is 9.89. The molecule has 0 aliphatic heterocycles. The molecule has 0 aliphatic carbocycles. The maximum Gasteiger partial charge on any atom is 0.331 e. The van der Waals surface area contributed by atoms with Crippen molar-refractivity contribution in [3.8, 4) is 0 Å². The standard InChI is InChI=1S/C13H23N3O5/c1-9(10(2)12(18)19)11(17)15-13(20)14-5-7-21-8-6-16(3)4/h5-8H2,1-4H3,(H,18,19)(H2,14,15,17,20). The molecule has 0 rings (SSSR count). The summed E-state index contributed by atoms with van der Waals surface area (Å²) in [6, 6.07) is -0.686. The van der Waals surface area contributed by atoms with E-state index in [1.165, 1.54) is 13.8 Å². The first-order valence-corrected chi connectivity index (χ1v) is 6.48. The third-order valence-corrected chi connectivity index (χ3v) is 2.67. The highest BCUT2D eigenvalue weighted by molar-refractivity contribution is 6.07. The molecule has 8 heteroatoms. The van der Waals surface area contributed by atoms with Crippen LogP contribution in [0.3, 0.4) is 0 Å². The van der Waals surface area contributed by atoms with Gasteiger partial charge in [0.2, 0.25) is 0 Å². The van der Waals surface area contributed by atoms with Crippen LogP contribution in [0.5, 0.6) is 0 Å². The second-order valence-electron chi connectivity index (χ2n) is 4.68. The van der Waals surface area contributed by atoms with Gasteiger partial charge in [-0.3, -0.25) is 10.1 Å². The van der Waals surface area contributed by atoms with Gasteiger partial charge in [0.25, 0.3) is 5.91 Å². The van der Waals surface area contributed by atoms with Crippen LogP contribution in [0.1, 0.15) is 13.8 Å². The lowest BCUT2D eigenvalue weighted by molar-refractivity contribution is -0.133. The summed E-state index contributed by atoms with van der Waals surface area (Å²) in [4.78, 5) is 35.7. The number of ether oxygens (including phenoxy) is 1. The maximum atomic E-state index is 11.6. The predicted molar refractivity (Wildman–Crippen MR) is 76.9 cm³/mol. The largest absolute Gasteiger partial charge is 0.478 e. The third kappa shape index (κ3) is 8.77. The Labute approximate surface area is 124 Å². The van der Waals surface area contributed by atoms with Crippen LogP contribution in [0.15, 0.2) is 11.1 Å². The SMILES string of the molecule is CC(C(=O)O)=C(C)C(=O)NC(=O)NCCOCCN(C)C. The molecule has 0 radical (unpaired) electrons. The van der Waals surface area contributed by atoms with Crippen LogP contribution in [0.25, 0.3) is 0 Å². The molecule has 0 fully saturated rings. The lowest BCUT2D eigenvalue weighted by Crippen LogP contribution is -2.41. The number of likely N-dealkylation sites (N-methyl/N-ethyl adjacent to an activating group) is 1. The first kappa shape index (κ1) is 19.1. The number of carbonyl (C=O) groups is 3. The summed E-state index contributed by atoms with van der Waals surface area (Å²) in [5.41, 5.74) is -0.118. The number of nitrogens with zero attached hydrogens (tertiary/aromatic N) is 1. The monoisotopic (exact) mass is 301 g/mol. The van der Waals surface area contributed by atoms with E-state index in [0.717, 1.165) is 6.54 Å². The minimum absolute atomic E-state index is 0.0140.